The highest BCUT2D eigenvalue weighted by Gasteiger charge is 2.43. The smallest absolute Gasteiger partial charge is 0.125 e. The zero-order valence-electron chi connectivity index (χ0n) is 8.23. The maximum Gasteiger partial charge on any atom is 0.347 e. The third kappa shape index (κ3) is 3.16. The first kappa shape index (κ1) is 12.4. The van der Waals surface area contributed by atoms with E-state index in [2.05, 4.69) is 12.1 Å². The van der Waals surface area contributed by atoms with Crippen LogP contribution < -0.4 is 0 Å². The van der Waals surface area contributed by atoms with Crippen molar-refractivity contribution in [3.8, 4) is 0 Å². The molecule has 0 unspecified atom stereocenters. The molecule has 14 heavy (non-hydrogen) atoms. The molecule has 0 radical (unpaired) electrons. The predicted octanol–water partition coefficient (Wildman–Crippen LogP) is 4.66. The lowest BCUT2D eigenvalue weighted by Crippen LogP contribution is -2.29. The van der Waals surface area contributed by atoms with Crippen LogP contribution in [-0.4, -0.2) is 6.00 Å². The fourth-order valence-corrected chi connectivity index (χ4v) is 2.21. The molecular weight excluding hydrogens is 255 g/mol. The Bertz CT molecular complexity index is 290. The van der Waals surface area contributed by atoms with E-state index in [9.17, 15) is 0 Å². The highest BCUT2D eigenvalue weighted by molar-refractivity contribution is 7.65. The largest absolute Gasteiger partial charge is 0.347 e. The van der Waals surface area contributed by atoms with Gasteiger partial charge in [-0.3, -0.25) is 0 Å². The molecule has 0 saturated carbocycles. The van der Waals surface area contributed by atoms with E-state index in [1.807, 2.05) is 32.0 Å². The summed E-state index contributed by atoms with van der Waals surface area (Å²) in [5, 5.41) is -0.223. The summed E-state index contributed by atoms with van der Waals surface area (Å²) in [6, 6.07) is 7.47. The van der Waals surface area contributed by atoms with E-state index in [1.54, 1.807) is 0 Å². The van der Waals surface area contributed by atoms with Crippen LogP contribution in [0.25, 0.3) is 0 Å². The van der Waals surface area contributed by atoms with E-state index in [-0.39, 0.29) is 5.04 Å². The molecule has 1 aromatic rings. The van der Waals surface area contributed by atoms with Crippen LogP contribution >= 0.6 is 33.2 Å². The third-order valence-corrected chi connectivity index (χ3v) is 8.57. The highest BCUT2D eigenvalue weighted by Crippen LogP contribution is 2.47. The third-order valence-electron chi connectivity index (χ3n) is 2.26. The van der Waals surface area contributed by atoms with Gasteiger partial charge in [-0.05, 0) is 12.0 Å². The van der Waals surface area contributed by atoms with Crippen molar-refractivity contribution in [3.05, 3.63) is 35.9 Å². The number of halogens is 3. The summed E-state index contributed by atoms with van der Waals surface area (Å²) in [5.41, 5.74) is 1.22. The van der Waals surface area contributed by atoms with Gasteiger partial charge in [-0.2, -0.15) is 0 Å². The Balaban J connectivity index is 2.79. The summed E-state index contributed by atoms with van der Waals surface area (Å²) >= 11 is 18.1. The minimum atomic E-state index is -2.65. The van der Waals surface area contributed by atoms with E-state index in [1.165, 1.54) is 5.56 Å². The molecule has 0 atom stereocenters. The molecule has 1 rings (SSSR count). The van der Waals surface area contributed by atoms with Crippen molar-refractivity contribution >= 4 is 39.2 Å². The molecule has 0 nitrogen and oxygen atoms in total. The van der Waals surface area contributed by atoms with Gasteiger partial charge >= 0.3 is 6.00 Å². The number of rotatable bonds is 3. The first-order valence-corrected chi connectivity index (χ1v) is 9.47. The van der Waals surface area contributed by atoms with Crippen LogP contribution in [0.2, 0.25) is 5.04 Å². The highest BCUT2D eigenvalue weighted by atomic mass is 35.8. The average molecular weight is 268 g/mol. The zero-order valence-corrected chi connectivity index (χ0v) is 11.5. The van der Waals surface area contributed by atoms with E-state index >= 15 is 0 Å². The minimum absolute atomic E-state index is 0.223. The van der Waals surface area contributed by atoms with Gasteiger partial charge in [0.25, 0.3) is 0 Å². The quantitative estimate of drug-likeness (QED) is 0.552. The van der Waals surface area contributed by atoms with Crippen LogP contribution in [0, 0.1) is 0 Å². The van der Waals surface area contributed by atoms with Gasteiger partial charge in [-0.25, -0.2) is 0 Å². The van der Waals surface area contributed by atoms with Crippen LogP contribution in [0.3, 0.4) is 0 Å². The molecular formula is C10H13Cl3Si. The van der Waals surface area contributed by atoms with Gasteiger partial charge in [0.2, 0.25) is 0 Å². The fourth-order valence-electron chi connectivity index (χ4n) is 1.21. The normalized spacial score (nSPS) is 12.9. The second kappa shape index (κ2) is 4.44. The fraction of sp³-hybridized carbons (Fsp3) is 0.400. The van der Waals surface area contributed by atoms with Crippen molar-refractivity contribution in [2.45, 2.75) is 25.3 Å². The molecule has 0 aliphatic rings. The Kier molecular flexibility index (Phi) is 3.92. The van der Waals surface area contributed by atoms with Gasteiger partial charge < -0.3 is 0 Å². The molecule has 0 N–H and O–H groups in total. The number of benzene rings is 1. The van der Waals surface area contributed by atoms with Crippen LogP contribution in [-0.2, 0) is 6.42 Å². The Morgan fingerprint density at radius 2 is 1.57 bits per heavy atom. The van der Waals surface area contributed by atoms with Crippen LogP contribution in [0.4, 0.5) is 0 Å². The molecule has 0 aromatic heterocycles. The van der Waals surface area contributed by atoms with E-state index in [0.717, 1.165) is 6.42 Å². The van der Waals surface area contributed by atoms with Crippen molar-refractivity contribution in [1.82, 2.24) is 0 Å². The molecule has 4 heteroatoms. The lowest BCUT2D eigenvalue weighted by atomic mass is 10.0. The maximum atomic E-state index is 6.04. The van der Waals surface area contributed by atoms with Crippen molar-refractivity contribution in [2.75, 3.05) is 0 Å². The van der Waals surface area contributed by atoms with Crippen molar-refractivity contribution in [1.29, 1.82) is 0 Å². The monoisotopic (exact) mass is 266 g/mol. The lowest BCUT2D eigenvalue weighted by molar-refractivity contribution is 0.665. The second-order valence-electron chi connectivity index (χ2n) is 4.04. The van der Waals surface area contributed by atoms with Crippen LogP contribution in [0.5, 0.6) is 0 Å². The van der Waals surface area contributed by atoms with Gasteiger partial charge in [-0.15, -0.1) is 33.2 Å². The summed E-state index contributed by atoms with van der Waals surface area (Å²) in [6.07, 6.45) is 0.816. The van der Waals surface area contributed by atoms with E-state index < -0.39 is 6.00 Å². The Hall–Kier alpha value is 0.307. The molecule has 0 aliphatic carbocycles. The molecule has 0 heterocycles. The zero-order chi connectivity index (χ0) is 10.8. The van der Waals surface area contributed by atoms with Crippen molar-refractivity contribution in [3.63, 3.8) is 0 Å². The first-order valence-electron chi connectivity index (χ1n) is 4.43. The molecule has 0 fully saturated rings. The molecule has 0 aliphatic heterocycles. The van der Waals surface area contributed by atoms with Crippen molar-refractivity contribution < 1.29 is 0 Å². The van der Waals surface area contributed by atoms with Gasteiger partial charge in [0.15, 0.2) is 0 Å². The van der Waals surface area contributed by atoms with Crippen molar-refractivity contribution in [2.24, 2.45) is 0 Å². The minimum Gasteiger partial charge on any atom is -0.125 e. The molecule has 78 valence electrons. The van der Waals surface area contributed by atoms with E-state index in [4.69, 9.17) is 33.2 Å². The molecule has 0 bridgehead atoms. The summed E-state index contributed by atoms with van der Waals surface area (Å²) in [7, 11) is 0. The summed E-state index contributed by atoms with van der Waals surface area (Å²) in [4.78, 5) is 0. The SMILES string of the molecule is CC(C)(Cc1ccccc1)[Si](Cl)(Cl)Cl. The molecule has 0 saturated heterocycles. The van der Waals surface area contributed by atoms with E-state index in [0.29, 0.717) is 0 Å². The Morgan fingerprint density at radius 3 is 2.00 bits per heavy atom. The Labute approximate surface area is 100 Å². The lowest BCUT2D eigenvalue weighted by Gasteiger charge is -2.30. The molecule has 0 amide bonds. The van der Waals surface area contributed by atoms with Gasteiger partial charge in [0.05, 0.1) is 0 Å². The molecule has 1 aromatic carbocycles. The number of hydrogen-bond acceptors (Lipinski definition) is 0. The van der Waals surface area contributed by atoms with Crippen LogP contribution in [0.15, 0.2) is 30.3 Å². The summed E-state index contributed by atoms with van der Waals surface area (Å²) in [5.74, 6) is 0. The topological polar surface area (TPSA) is 0 Å². The maximum absolute atomic E-state index is 6.04. The standard InChI is InChI=1S/C10H13Cl3Si/c1-10(2,14(11,12)13)8-9-6-4-3-5-7-9/h3-7H,8H2,1-2H3. The van der Waals surface area contributed by atoms with Gasteiger partial charge in [-0.1, -0.05) is 44.2 Å². The number of hydrogen-bond donors (Lipinski definition) is 0. The molecule has 0 spiro atoms. The summed E-state index contributed by atoms with van der Waals surface area (Å²) in [6.45, 7) is 4.03. The first-order chi connectivity index (χ1) is 6.33. The van der Waals surface area contributed by atoms with Gasteiger partial charge in [0, 0.05) is 5.04 Å². The summed E-state index contributed by atoms with van der Waals surface area (Å²) < 4.78 is 0. The average Bonchev–Trinajstić information content (AvgIpc) is 2.03. The van der Waals surface area contributed by atoms with Gasteiger partial charge in [0.1, 0.15) is 0 Å². The Morgan fingerprint density at radius 1 is 1.07 bits per heavy atom. The van der Waals surface area contributed by atoms with Crippen LogP contribution in [0.1, 0.15) is 19.4 Å². The predicted molar refractivity (Wildman–Crippen MR) is 67.5 cm³/mol. The second-order valence-corrected chi connectivity index (χ2v) is 13.2.